The van der Waals surface area contributed by atoms with E-state index >= 15 is 0 Å². The fourth-order valence-corrected chi connectivity index (χ4v) is 3.68. The van der Waals surface area contributed by atoms with Crippen LogP contribution in [0.3, 0.4) is 0 Å². The third-order valence-corrected chi connectivity index (χ3v) is 5.04. The summed E-state index contributed by atoms with van der Waals surface area (Å²) in [6, 6.07) is 16.2. The van der Waals surface area contributed by atoms with Crippen molar-refractivity contribution in [3.05, 3.63) is 59.7 Å². The second kappa shape index (κ2) is 10.0. The molecule has 7 heteroatoms. The van der Waals surface area contributed by atoms with Gasteiger partial charge in [0, 0.05) is 32.0 Å². The Morgan fingerprint density at radius 3 is 2.03 bits per heavy atom. The third kappa shape index (κ3) is 4.93. The highest BCUT2D eigenvalue weighted by atomic mass is 16.5. The highest BCUT2D eigenvalue weighted by Crippen LogP contribution is 2.44. The van der Waals surface area contributed by atoms with Crippen molar-refractivity contribution < 1.29 is 24.5 Å². The summed E-state index contributed by atoms with van der Waals surface area (Å²) >= 11 is 0. The van der Waals surface area contributed by atoms with Gasteiger partial charge in [0.15, 0.2) is 0 Å². The maximum Gasteiger partial charge on any atom is 0.407 e. The number of carbonyl (C=O) groups is 2. The number of ether oxygens (including phenoxy) is 1. The van der Waals surface area contributed by atoms with Gasteiger partial charge in [0.2, 0.25) is 5.91 Å². The van der Waals surface area contributed by atoms with Gasteiger partial charge < -0.3 is 25.2 Å². The number of aliphatic hydroxyl groups is 2. The smallest absolute Gasteiger partial charge is 0.407 e. The van der Waals surface area contributed by atoms with Crippen LogP contribution in [-0.2, 0) is 9.53 Å². The van der Waals surface area contributed by atoms with E-state index in [1.165, 1.54) is 4.90 Å². The van der Waals surface area contributed by atoms with E-state index in [1.54, 1.807) is 0 Å². The molecule has 3 rings (SSSR count). The molecule has 0 saturated carbocycles. The fraction of sp³-hybridized carbons (Fsp3) is 0.364. The van der Waals surface area contributed by atoms with Crippen LogP contribution in [0.25, 0.3) is 11.1 Å². The molecule has 0 heterocycles. The number of nitrogens with one attached hydrogen (secondary N) is 1. The monoisotopic (exact) mass is 398 g/mol. The maximum absolute atomic E-state index is 12.1. The second-order valence-electron chi connectivity index (χ2n) is 6.83. The predicted molar refractivity (Wildman–Crippen MR) is 108 cm³/mol. The molecule has 0 saturated heterocycles. The van der Waals surface area contributed by atoms with E-state index in [0.717, 1.165) is 22.3 Å². The van der Waals surface area contributed by atoms with Crippen LogP contribution in [0.2, 0.25) is 0 Å². The number of alkyl carbamates (subject to hydrolysis) is 1. The number of hydrogen-bond donors (Lipinski definition) is 3. The Morgan fingerprint density at radius 2 is 1.48 bits per heavy atom. The van der Waals surface area contributed by atoms with Gasteiger partial charge in [0.25, 0.3) is 0 Å². The lowest BCUT2D eigenvalue weighted by Gasteiger charge is -2.20. The van der Waals surface area contributed by atoms with Gasteiger partial charge in [-0.1, -0.05) is 48.5 Å². The van der Waals surface area contributed by atoms with Crippen molar-refractivity contribution in [3.63, 3.8) is 0 Å². The number of hydrogen-bond acceptors (Lipinski definition) is 5. The van der Waals surface area contributed by atoms with E-state index in [4.69, 9.17) is 14.9 Å². The molecule has 2 amide bonds. The van der Waals surface area contributed by atoms with Crippen LogP contribution in [0.4, 0.5) is 4.79 Å². The zero-order chi connectivity index (χ0) is 20.6. The fourth-order valence-electron chi connectivity index (χ4n) is 3.68. The van der Waals surface area contributed by atoms with Crippen molar-refractivity contribution >= 4 is 12.0 Å². The SMILES string of the molecule is O=C(NCCC(=O)N(CCO)CCO)OCC1c2ccccc2-c2ccccc21. The van der Waals surface area contributed by atoms with E-state index in [2.05, 4.69) is 29.6 Å². The third-order valence-electron chi connectivity index (χ3n) is 5.04. The molecule has 2 aromatic carbocycles. The van der Waals surface area contributed by atoms with Crippen molar-refractivity contribution in [1.82, 2.24) is 10.2 Å². The van der Waals surface area contributed by atoms with Gasteiger partial charge in [0.1, 0.15) is 6.61 Å². The Kier molecular flexibility index (Phi) is 7.21. The molecule has 0 radical (unpaired) electrons. The summed E-state index contributed by atoms with van der Waals surface area (Å²) < 4.78 is 5.42. The van der Waals surface area contributed by atoms with E-state index in [9.17, 15) is 9.59 Å². The summed E-state index contributed by atoms with van der Waals surface area (Å²) in [6.45, 7) is 0.309. The Labute approximate surface area is 169 Å². The largest absolute Gasteiger partial charge is 0.449 e. The van der Waals surface area contributed by atoms with Crippen molar-refractivity contribution in [3.8, 4) is 11.1 Å². The van der Waals surface area contributed by atoms with E-state index in [-0.39, 0.29) is 57.7 Å². The van der Waals surface area contributed by atoms with Crippen LogP contribution in [-0.4, -0.2) is 66.6 Å². The molecule has 0 fully saturated rings. The minimum absolute atomic E-state index is 0.0145. The zero-order valence-corrected chi connectivity index (χ0v) is 16.2. The van der Waals surface area contributed by atoms with Crippen LogP contribution >= 0.6 is 0 Å². The molecule has 2 aromatic rings. The predicted octanol–water partition coefficient (Wildman–Crippen LogP) is 1.73. The first-order chi connectivity index (χ1) is 14.2. The van der Waals surface area contributed by atoms with Gasteiger partial charge in [-0.25, -0.2) is 4.79 Å². The summed E-state index contributed by atoms with van der Waals surface area (Å²) in [5.41, 5.74) is 4.60. The molecule has 0 spiro atoms. The average molecular weight is 398 g/mol. The number of aliphatic hydroxyl groups excluding tert-OH is 2. The summed E-state index contributed by atoms with van der Waals surface area (Å²) in [5.74, 6) is -0.258. The summed E-state index contributed by atoms with van der Waals surface area (Å²) in [6.07, 6.45) is -0.500. The molecule has 0 bridgehead atoms. The minimum Gasteiger partial charge on any atom is -0.449 e. The molecule has 3 N–H and O–H groups in total. The van der Waals surface area contributed by atoms with Gasteiger partial charge >= 0.3 is 6.09 Å². The number of fused-ring (bicyclic) bond motifs is 3. The highest BCUT2D eigenvalue weighted by molar-refractivity contribution is 5.79. The lowest BCUT2D eigenvalue weighted by Crippen LogP contribution is -2.38. The molecule has 0 atom stereocenters. The molecule has 29 heavy (non-hydrogen) atoms. The first-order valence-electron chi connectivity index (χ1n) is 9.74. The Balaban J connectivity index is 1.51. The van der Waals surface area contributed by atoms with Gasteiger partial charge in [-0.2, -0.15) is 0 Å². The van der Waals surface area contributed by atoms with Gasteiger partial charge in [-0.3, -0.25) is 4.79 Å². The van der Waals surface area contributed by atoms with Crippen LogP contribution in [0.15, 0.2) is 48.5 Å². The molecule has 0 aliphatic heterocycles. The van der Waals surface area contributed by atoms with Crippen molar-refractivity contribution in [2.75, 3.05) is 39.5 Å². The lowest BCUT2D eigenvalue weighted by atomic mass is 9.98. The zero-order valence-electron chi connectivity index (χ0n) is 16.2. The van der Waals surface area contributed by atoms with E-state index in [0.29, 0.717) is 0 Å². The molecule has 154 valence electrons. The van der Waals surface area contributed by atoms with Gasteiger partial charge in [-0.15, -0.1) is 0 Å². The van der Waals surface area contributed by atoms with Crippen molar-refractivity contribution in [2.45, 2.75) is 12.3 Å². The maximum atomic E-state index is 12.1. The Morgan fingerprint density at radius 1 is 0.931 bits per heavy atom. The van der Waals surface area contributed by atoms with E-state index < -0.39 is 6.09 Å². The van der Waals surface area contributed by atoms with Gasteiger partial charge in [0.05, 0.1) is 13.2 Å². The summed E-state index contributed by atoms with van der Waals surface area (Å²) in [5, 5.41) is 20.5. The molecule has 1 aliphatic rings. The van der Waals surface area contributed by atoms with Crippen LogP contribution in [0, 0.1) is 0 Å². The van der Waals surface area contributed by atoms with E-state index in [1.807, 2.05) is 24.3 Å². The molecule has 0 aromatic heterocycles. The second-order valence-corrected chi connectivity index (χ2v) is 6.83. The number of amides is 2. The lowest BCUT2D eigenvalue weighted by molar-refractivity contribution is -0.132. The normalized spacial score (nSPS) is 12.2. The van der Waals surface area contributed by atoms with Crippen molar-refractivity contribution in [1.29, 1.82) is 0 Å². The first kappa shape index (κ1) is 20.8. The van der Waals surface area contributed by atoms with Crippen LogP contribution < -0.4 is 5.32 Å². The molecule has 7 nitrogen and oxygen atoms in total. The standard InChI is InChI=1S/C22H26N2O5/c25-13-11-24(12-14-26)21(27)9-10-23-22(28)29-15-20-18-7-3-1-5-16(18)17-6-2-4-8-19(17)20/h1-8,20,25-26H,9-15H2,(H,23,28). The number of rotatable bonds is 9. The van der Waals surface area contributed by atoms with Crippen LogP contribution in [0.5, 0.6) is 0 Å². The number of carbonyl (C=O) groups excluding carboxylic acids is 2. The molecular formula is C22H26N2O5. The Hall–Kier alpha value is -2.90. The first-order valence-corrected chi connectivity index (χ1v) is 9.74. The Bertz CT molecular complexity index is 803. The molecular weight excluding hydrogens is 372 g/mol. The summed E-state index contributed by atoms with van der Waals surface area (Å²) in [4.78, 5) is 25.5. The molecule has 0 unspecified atom stereocenters. The summed E-state index contributed by atoms with van der Waals surface area (Å²) in [7, 11) is 0. The van der Waals surface area contributed by atoms with Crippen molar-refractivity contribution in [2.24, 2.45) is 0 Å². The van der Waals surface area contributed by atoms with Gasteiger partial charge in [-0.05, 0) is 22.3 Å². The molecule has 1 aliphatic carbocycles. The minimum atomic E-state index is -0.574. The average Bonchev–Trinajstić information content (AvgIpc) is 3.06. The van der Waals surface area contributed by atoms with Crippen LogP contribution in [0.1, 0.15) is 23.5 Å². The number of benzene rings is 2. The highest BCUT2D eigenvalue weighted by Gasteiger charge is 2.28. The number of nitrogens with zero attached hydrogens (tertiary/aromatic N) is 1. The quantitative estimate of drug-likeness (QED) is 0.597. The topological polar surface area (TPSA) is 99.1 Å².